The smallest absolute Gasteiger partial charge is 0.334 e. The molecule has 3 N–H and O–H groups in total. The quantitative estimate of drug-likeness (QED) is 0.310. The highest BCUT2D eigenvalue weighted by molar-refractivity contribution is 6.36. The van der Waals surface area contributed by atoms with E-state index in [9.17, 15) is 29.4 Å². The molecular weight excluding hydrogens is 755 g/mol. The Balaban J connectivity index is 1.22. The molecule has 2 aromatic carbocycles. The number of carbonyl (C=O) groups excluding carboxylic acids is 2. The van der Waals surface area contributed by atoms with Crippen molar-refractivity contribution in [3.05, 3.63) is 91.7 Å². The Kier molecular flexibility index (Phi) is 11.9. The van der Waals surface area contributed by atoms with E-state index in [-0.39, 0.29) is 63.5 Å². The van der Waals surface area contributed by atoms with E-state index in [2.05, 4.69) is 22.2 Å². The van der Waals surface area contributed by atoms with Crippen molar-refractivity contribution in [1.29, 1.82) is 0 Å². The Morgan fingerprint density at radius 2 is 1.34 bits per heavy atom. The number of benzene rings is 2. The van der Waals surface area contributed by atoms with Crippen LogP contribution in [0.4, 0.5) is 0 Å². The summed E-state index contributed by atoms with van der Waals surface area (Å²) in [5.74, 6) is -3.03. The van der Waals surface area contributed by atoms with Gasteiger partial charge in [0.05, 0.1) is 23.0 Å². The molecule has 3 unspecified atom stereocenters. The molecule has 0 aliphatic carbocycles. The average molecular weight is 808 g/mol. The molecule has 4 saturated heterocycles. The third-order valence-electron chi connectivity index (χ3n) is 13.1. The second-order valence-corrected chi connectivity index (χ2v) is 16.8. The lowest BCUT2D eigenvalue weighted by Gasteiger charge is -2.46. The Morgan fingerprint density at radius 1 is 0.750 bits per heavy atom. The highest BCUT2D eigenvalue weighted by atomic mass is 35.5. The number of fused-ring (bicyclic) bond motifs is 2. The Labute approximate surface area is 338 Å². The number of allylic oxidation sites excluding steroid dienone is 1. The van der Waals surface area contributed by atoms with Gasteiger partial charge in [0.2, 0.25) is 5.91 Å². The van der Waals surface area contributed by atoms with Crippen LogP contribution in [-0.4, -0.2) is 143 Å². The van der Waals surface area contributed by atoms with Crippen molar-refractivity contribution in [3.63, 3.8) is 0 Å². The third-order valence-corrected chi connectivity index (χ3v) is 13.8. The molecule has 2 amide bonds. The van der Waals surface area contributed by atoms with E-state index in [0.717, 1.165) is 31.5 Å². The maximum atomic E-state index is 14.3. The molecule has 3 atom stereocenters. The number of piperazine rings is 2. The van der Waals surface area contributed by atoms with E-state index < -0.39 is 17.4 Å². The minimum absolute atomic E-state index is 0.0955. The van der Waals surface area contributed by atoms with Crippen LogP contribution in [0, 0.1) is 0 Å². The van der Waals surface area contributed by atoms with Crippen LogP contribution < -0.4 is 5.32 Å². The van der Waals surface area contributed by atoms with Gasteiger partial charge >= 0.3 is 11.9 Å². The molecular formula is C42H52Cl2N6O6. The highest BCUT2D eigenvalue weighted by Gasteiger charge is 2.52. The van der Waals surface area contributed by atoms with Crippen molar-refractivity contribution in [2.75, 3.05) is 66.5 Å². The first-order valence-corrected chi connectivity index (χ1v) is 20.5. The van der Waals surface area contributed by atoms with Crippen molar-refractivity contribution < 1.29 is 29.4 Å². The predicted octanol–water partition coefficient (Wildman–Crippen LogP) is 4.71. The summed E-state index contributed by atoms with van der Waals surface area (Å²) >= 11 is 13.6. The van der Waals surface area contributed by atoms with Crippen LogP contribution in [0.1, 0.15) is 66.9 Å². The zero-order valence-corrected chi connectivity index (χ0v) is 33.9. The lowest BCUT2D eigenvalue weighted by Crippen LogP contribution is -2.56. The molecule has 5 aliphatic rings. The van der Waals surface area contributed by atoms with E-state index >= 15 is 0 Å². The molecule has 7 rings (SSSR count). The van der Waals surface area contributed by atoms with Gasteiger partial charge in [0.15, 0.2) is 0 Å². The summed E-state index contributed by atoms with van der Waals surface area (Å²) in [5, 5.41) is 25.5. The van der Waals surface area contributed by atoms with Gasteiger partial charge < -0.3 is 35.1 Å². The zero-order chi connectivity index (χ0) is 39.9. The van der Waals surface area contributed by atoms with Crippen LogP contribution in [0.3, 0.4) is 0 Å². The molecule has 14 heteroatoms. The molecule has 0 aromatic heterocycles. The summed E-state index contributed by atoms with van der Waals surface area (Å²) in [6.07, 6.45) is 4.90. The number of carbonyl (C=O) groups is 4. The lowest BCUT2D eigenvalue weighted by molar-refractivity contribution is -0.134. The number of hydrogen-bond donors (Lipinski definition) is 3. The number of nitrogens with zero attached hydrogens (tertiary/aromatic N) is 5. The molecule has 56 heavy (non-hydrogen) atoms. The summed E-state index contributed by atoms with van der Waals surface area (Å²) in [7, 11) is 3.86. The summed E-state index contributed by atoms with van der Waals surface area (Å²) in [4.78, 5) is 65.3. The number of aliphatic carboxylic acids is 2. The summed E-state index contributed by atoms with van der Waals surface area (Å²) in [5.41, 5.74) is -0.410. The molecule has 12 nitrogen and oxygen atoms in total. The monoisotopic (exact) mass is 806 g/mol. The average Bonchev–Trinajstić information content (AvgIpc) is 3.36. The fourth-order valence-corrected chi connectivity index (χ4v) is 10.9. The number of piperidine rings is 1. The largest absolute Gasteiger partial charge is 0.478 e. The van der Waals surface area contributed by atoms with E-state index in [4.69, 9.17) is 23.2 Å². The van der Waals surface area contributed by atoms with Gasteiger partial charge in [-0.1, -0.05) is 47.5 Å². The fraction of sp³-hybridized carbons (Fsp3) is 0.524. The van der Waals surface area contributed by atoms with Crippen LogP contribution in [0.5, 0.6) is 0 Å². The number of amides is 2. The standard InChI is InChI=1S/C42H52Cl2N6O6/c1-42(36-31(43)9-6-10-32(36)44)37(40(53)54)33(14-11-26-7-4-5-8-30(26)39(52)50-17-15-45-16-18-50)47(3)34(38(42)41(55)56)25-35(51)49-21-19-48(20-22-49)29-23-27-12-13-28(24-29)46(27)2/h4-10,27-29,45H,11-25H2,1-3H3,(H,53,54)(H,55,56). The SMILES string of the molecule is CN1C(CCc2ccccc2C(=O)N2CCNCC2)=C(C(=O)O)C(C)(c2c(Cl)cccc2Cl)C(C(=O)O)=C1CC(=O)N1CCN(C2CC3CCC(C2)N3C)CC1. The van der Waals surface area contributed by atoms with Crippen molar-refractivity contribution in [3.8, 4) is 0 Å². The third kappa shape index (κ3) is 7.46. The number of carboxylic acids is 2. The number of nitrogens with one attached hydrogen (secondary N) is 1. The molecule has 300 valence electrons. The number of halogens is 2. The number of carboxylic acid groups (broad SMARTS) is 2. The molecule has 2 aromatic rings. The molecule has 0 saturated carbocycles. The Morgan fingerprint density at radius 3 is 1.95 bits per heavy atom. The minimum Gasteiger partial charge on any atom is -0.478 e. The van der Waals surface area contributed by atoms with E-state index in [1.54, 1.807) is 41.1 Å². The van der Waals surface area contributed by atoms with Crippen LogP contribution in [0.15, 0.2) is 65.0 Å². The highest BCUT2D eigenvalue weighted by Crippen LogP contribution is 2.52. The lowest BCUT2D eigenvalue weighted by atomic mass is 9.66. The number of aryl methyl sites for hydroxylation is 1. The van der Waals surface area contributed by atoms with Gasteiger partial charge in [0.1, 0.15) is 0 Å². The van der Waals surface area contributed by atoms with Gasteiger partial charge in [-0.2, -0.15) is 0 Å². The number of hydrogen-bond acceptors (Lipinski definition) is 8. The molecule has 5 aliphatic heterocycles. The van der Waals surface area contributed by atoms with Crippen molar-refractivity contribution in [1.82, 2.24) is 29.8 Å². The molecule has 4 fully saturated rings. The first kappa shape index (κ1) is 40.3. The molecule has 5 heterocycles. The van der Waals surface area contributed by atoms with Crippen LogP contribution in [0.25, 0.3) is 0 Å². The summed E-state index contributed by atoms with van der Waals surface area (Å²) in [6, 6.07) is 13.8. The van der Waals surface area contributed by atoms with E-state index in [1.807, 2.05) is 23.1 Å². The normalized spacial score (nSPS) is 26.2. The topological polar surface area (TPSA) is 137 Å². The summed E-state index contributed by atoms with van der Waals surface area (Å²) < 4.78 is 0. The zero-order valence-electron chi connectivity index (χ0n) is 32.4. The molecule has 2 bridgehead atoms. The van der Waals surface area contributed by atoms with Crippen LogP contribution in [0.2, 0.25) is 10.0 Å². The van der Waals surface area contributed by atoms with Crippen LogP contribution >= 0.6 is 23.2 Å². The fourth-order valence-electron chi connectivity index (χ4n) is 10.1. The first-order valence-electron chi connectivity index (χ1n) is 19.7. The van der Waals surface area contributed by atoms with E-state index in [1.165, 1.54) is 19.8 Å². The van der Waals surface area contributed by atoms with Gasteiger partial charge in [0, 0.05) is 110 Å². The van der Waals surface area contributed by atoms with Gasteiger partial charge in [-0.15, -0.1) is 0 Å². The Bertz CT molecular complexity index is 1920. The van der Waals surface area contributed by atoms with E-state index in [0.29, 0.717) is 68.7 Å². The maximum absolute atomic E-state index is 14.3. The molecule has 0 radical (unpaired) electrons. The van der Waals surface area contributed by atoms with Crippen LogP contribution in [-0.2, 0) is 26.2 Å². The van der Waals surface area contributed by atoms with Gasteiger partial charge in [0.25, 0.3) is 5.91 Å². The van der Waals surface area contributed by atoms with Crippen molar-refractivity contribution in [2.45, 2.75) is 75.4 Å². The number of rotatable bonds is 10. The summed E-state index contributed by atoms with van der Waals surface area (Å²) in [6.45, 7) is 6.62. The minimum atomic E-state index is -1.85. The second-order valence-electron chi connectivity index (χ2n) is 16.0. The predicted molar refractivity (Wildman–Crippen MR) is 215 cm³/mol. The second kappa shape index (κ2) is 16.5. The van der Waals surface area contributed by atoms with Gasteiger partial charge in [-0.05, 0) is 76.3 Å². The maximum Gasteiger partial charge on any atom is 0.334 e. The van der Waals surface area contributed by atoms with Gasteiger partial charge in [-0.25, -0.2) is 9.59 Å². The van der Waals surface area contributed by atoms with Crippen molar-refractivity contribution >= 4 is 47.0 Å². The van der Waals surface area contributed by atoms with Crippen molar-refractivity contribution in [2.24, 2.45) is 0 Å². The Hall–Kier alpha value is -3.94. The van der Waals surface area contributed by atoms with Gasteiger partial charge in [-0.3, -0.25) is 14.5 Å². The molecule has 0 spiro atoms. The first-order chi connectivity index (χ1) is 26.8.